The van der Waals surface area contributed by atoms with Gasteiger partial charge in [-0.05, 0) is 24.0 Å². The van der Waals surface area contributed by atoms with Gasteiger partial charge in [-0.2, -0.15) is 0 Å². The molecule has 0 aliphatic carbocycles. The minimum absolute atomic E-state index is 0. The Labute approximate surface area is 123 Å². The summed E-state index contributed by atoms with van der Waals surface area (Å²) in [5, 5.41) is 3.39. The molecular formula is C14H24Cl2N2. The number of piperazine rings is 1. The van der Waals surface area contributed by atoms with Crippen LogP contribution in [0.5, 0.6) is 0 Å². The molecule has 2 rings (SSSR count). The molecule has 0 radical (unpaired) electrons. The van der Waals surface area contributed by atoms with E-state index < -0.39 is 0 Å². The van der Waals surface area contributed by atoms with E-state index in [9.17, 15) is 0 Å². The Kier molecular flexibility index (Phi) is 9.47. The van der Waals surface area contributed by atoms with Crippen molar-refractivity contribution < 1.29 is 0 Å². The Morgan fingerprint density at radius 2 is 1.56 bits per heavy atom. The molecule has 0 atom stereocenters. The molecule has 2 nitrogen and oxygen atoms in total. The second-order valence-electron chi connectivity index (χ2n) is 4.51. The highest BCUT2D eigenvalue weighted by Crippen LogP contribution is 2.06. The third kappa shape index (κ3) is 5.57. The minimum atomic E-state index is 0. The van der Waals surface area contributed by atoms with Crippen LogP contribution in [0, 0.1) is 0 Å². The third-order valence-electron chi connectivity index (χ3n) is 3.36. The maximum atomic E-state index is 3.39. The summed E-state index contributed by atoms with van der Waals surface area (Å²) in [5.41, 5.74) is 2.90. The molecule has 1 saturated heterocycles. The van der Waals surface area contributed by atoms with Gasteiger partial charge in [-0.15, -0.1) is 24.8 Å². The first-order valence-corrected chi connectivity index (χ1v) is 6.39. The fraction of sp³-hybridized carbons (Fsp3) is 0.571. The normalized spacial score (nSPS) is 15.6. The van der Waals surface area contributed by atoms with Crippen LogP contribution in [-0.4, -0.2) is 37.6 Å². The monoisotopic (exact) mass is 290 g/mol. The van der Waals surface area contributed by atoms with E-state index in [0.29, 0.717) is 0 Å². The fourth-order valence-corrected chi connectivity index (χ4v) is 2.16. The summed E-state index contributed by atoms with van der Waals surface area (Å²) in [4.78, 5) is 2.55. The number of hydrogen-bond donors (Lipinski definition) is 1. The van der Waals surface area contributed by atoms with Crippen LogP contribution in [-0.2, 0) is 12.8 Å². The molecule has 104 valence electrons. The Morgan fingerprint density at radius 3 is 2.11 bits per heavy atom. The van der Waals surface area contributed by atoms with Gasteiger partial charge in [-0.3, -0.25) is 0 Å². The molecule has 1 aliphatic rings. The number of aryl methyl sites for hydroxylation is 1. The molecule has 1 heterocycles. The first kappa shape index (κ1) is 17.7. The van der Waals surface area contributed by atoms with E-state index in [0.717, 1.165) is 19.5 Å². The zero-order chi connectivity index (χ0) is 11.2. The van der Waals surface area contributed by atoms with Gasteiger partial charge in [-0.25, -0.2) is 0 Å². The molecule has 18 heavy (non-hydrogen) atoms. The van der Waals surface area contributed by atoms with Crippen molar-refractivity contribution in [3.63, 3.8) is 0 Å². The van der Waals surface area contributed by atoms with Crippen LogP contribution in [0.25, 0.3) is 0 Å². The summed E-state index contributed by atoms with van der Waals surface area (Å²) < 4.78 is 0. The van der Waals surface area contributed by atoms with E-state index in [-0.39, 0.29) is 24.8 Å². The first-order chi connectivity index (χ1) is 7.88. The highest BCUT2D eigenvalue weighted by atomic mass is 35.5. The van der Waals surface area contributed by atoms with E-state index in [1.165, 1.54) is 37.2 Å². The molecular weight excluding hydrogens is 267 g/mol. The molecule has 0 saturated carbocycles. The highest BCUT2D eigenvalue weighted by Gasteiger charge is 2.08. The molecule has 1 aliphatic heterocycles. The lowest BCUT2D eigenvalue weighted by Gasteiger charge is -2.27. The van der Waals surface area contributed by atoms with Gasteiger partial charge >= 0.3 is 0 Å². The molecule has 0 amide bonds. The Balaban J connectivity index is 0.00000144. The van der Waals surface area contributed by atoms with Crippen molar-refractivity contribution >= 4 is 24.8 Å². The number of nitrogens with zero attached hydrogens (tertiary/aromatic N) is 1. The fourth-order valence-electron chi connectivity index (χ4n) is 2.16. The number of nitrogens with one attached hydrogen (secondary N) is 1. The van der Waals surface area contributed by atoms with Crippen LogP contribution in [0.3, 0.4) is 0 Å². The second kappa shape index (κ2) is 9.62. The Morgan fingerprint density at radius 1 is 1.00 bits per heavy atom. The van der Waals surface area contributed by atoms with E-state index >= 15 is 0 Å². The largest absolute Gasteiger partial charge is 0.314 e. The van der Waals surface area contributed by atoms with Gasteiger partial charge in [0.1, 0.15) is 0 Å². The standard InChI is InChI=1S/C14H22N2.2ClH/c1-2-13-3-5-14(6-4-13)7-10-16-11-8-15-9-12-16;;/h3-6,15H,2,7-12H2,1H3;2*1H. The van der Waals surface area contributed by atoms with Crippen molar-refractivity contribution in [2.24, 2.45) is 0 Å². The van der Waals surface area contributed by atoms with Crippen molar-refractivity contribution in [2.75, 3.05) is 32.7 Å². The van der Waals surface area contributed by atoms with Gasteiger partial charge in [0.15, 0.2) is 0 Å². The van der Waals surface area contributed by atoms with Crippen LogP contribution in [0.1, 0.15) is 18.1 Å². The average molecular weight is 291 g/mol. The van der Waals surface area contributed by atoms with Crippen molar-refractivity contribution in [1.29, 1.82) is 0 Å². The molecule has 0 bridgehead atoms. The topological polar surface area (TPSA) is 15.3 Å². The quantitative estimate of drug-likeness (QED) is 0.917. The molecule has 0 unspecified atom stereocenters. The van der Waals surface area contributed by atoms with E-state index in [4.69, 9.17) is 0 Å². The van der Waals surface area contributed by atoms with Gasteiger partial charge in [0.25, 0.3) is 0 Å². The van der Waals surface area contributed by atoms with Crippen molar-refractivity contribution in [1.82, 2.24) is 10.2 Å². The summed E-state index contributed by atoms with van der Waals surface area (Å²) in [5.74, 6) is 0. The van der Waals surface area contributed by atoms with Crippen LogP contribution in [0.4, 0.5) is 0 Å². The van der Waals surface area contributed by atoms with Crippen LogP contribution in [0.15, 0.2) is 24.3 Å². The zero-order valence-corrected chi connectivity index (χ0v) is 12.7. The summed E-state index contributed by atoms with van der Waals surface area (Å²) >= 11 is 0. The maximum absolute atomic E-state index is 3.39. The predicted octanol–water partition coefficient (Wildman–Crippen LogP) is 2.54. The molecule has 0 aromatic heterocycles. The van der Waals surface area contributed by atoms with Crippen molar-refractivity contribution in [2.45, 2.75) is 19.8 Å². The van der Waals surface area contributed by atoms with Gasteiger partial charge in [0, 0.05) is 32.7 Å². The number of halogens is 2. The summed E-state index contributed by atoms with van der Waals surface area (Å²) in [7, 11) is 0. The Hall–Kier alpha value is -0.280. The van der Waals surface area contributed by atoms with Gasteiger partial charge in [-0.1, -0.05) is 31.2 Å². The third-order valence-corrected chi connectivity index (χ3v) is 3.36. The lowest BCUT2D eigenvalue weighted by Crippen LogP contribution is -2.44. The summed E-state index contributed by atoms with van der Waals surface area (Å²) in [6.45, 7) is 8.10. The van der Waals surface area contributed by atoms with Crippen LogP contribution >= 0.6 is 24.8 Å². The van der Waals surface area contributed by atoms with Gasteiger partial charge in [0.2, 0.25) is 0 Å². The van der Waals surface area contributed by atoms with Crippen molar-refractivity contribution in [3.05, 3.63) is 35.4 Å². The molecule has 4 heteroatoms. The number of hydrogen-bond acceptors (Lipinski definition) is 2. The molecule has 1 aromatic carbocycles. The lowest BCUT2D eigenvalue weighted by molar-refractivity contribution is 0.244. The zero-order valence-electron chi connectivity index (χ0n) is 11.0. The summed E-state index contributed by atoms with van der Waals surface area (Å²) in [6.07, 6.45) is 2.32. The van der Waals surface area contributed by atoms with Gasteiger partial charge < -0.3 is 10.2 Å². The lowest BCUT2D eigenvalue weighted by atomic mass is 10.1. The average Bonchev–Trinajstić information content (AvgIpc) is 2.38. The smallest absolute Gasteiger partial charge is 0.0108 e. The number of benzene rings is 1. The molecule has 0 spiro atoms. The maximum Gasteiger partial charge on any atom is 0.0108 e. The van der Waals surface area contributed by atoms with Gasteiger partial charge in [0.05, 0.1) is 0 Å². The SMILES string of the molecule is CCc1ccc(CCN2CCNCC2)cc1.Cl.Cl. The molecule has 1 N–H and O–H groups in total. The highest BCUT2D eigenvalue weighted by molar-refractivity contribution is 5.85. The van der Waals surface area contributed by atoms with E-state index in [2.05, 4.69) is 41.4 Å². The van der Waals surface area contributed by atoms with E-state index in [1.54, 1.807) is 0 Å². The van der Waals surface area contributed by atoms with Crippen molar-refractivity contribution in [3.8, 4) is 0 Å². The summed E-state index contributed by atoms with van der Waals surface area (Å²) in [6, 6.07) is 9.07. The molecule has 1 fully saturated rings. The Bertz CT molecular complexity index is 308. The minimum Gasteiger partial charge on any atom is -0.314 e. The molecule has 1 aromatic rings. The predicted molar refractivity (Wildman–Crippen MR) is 83.3 cm³/mol. The van der Waals surface area contributed by atoms with Crippen LogP contribution < -0.4 is 5.32 Å². The first-order valence-electron chi connectivity index (χ1n) is 6.39. The van der Waals surface area contributed by atoms with Crippen LogP contribution in [0.2, 0.25) is 0 Å². The second-order valence-corrected chi connectivity index (χ2v) is 4.51. The number of rotatable bonds is 4. The van der Waals surface area contributed by atoms with E-state index in [1.807, 2.05) is 0 Å².